The van der Waals surface area contributed by atoms with Gasteiger partial charge in [-0.25, -0.2) is 9.78 Å². The van der Waals surface area contributed by atoms with Crippen LogP contribution in [0.15, 0.2) is 24.3 Å². The number of rotatable bonds is 3. The Morgan fingerprint density at radius 2 is 2.07 bits per heavy atom. The number of hydrogen-bond donors (Lipinski definition) is 2. The Balaban J connectivity index is 1.47. The van der Waals surface area contributed by atoms with Crippen LogP contribution in [-0.4, -0.2) is 39.8 Å². The summed E-state index contributed by atoms with van der Waals surface area (Å²) in [6, 6.07) is 7.09. The molecule has 7 nitrogen and oxygen atoms in total. The zero-order valence-electron chi connectivity index (χ0n) is 16.2. The number of carbonyl (C=O) groups is 3. The van der Waals surface area contributed by atoms with Gasteiger partial charge in [-0.15, -0.1) is 0 Å². The molecule has 2 atom stereocenters. The number of imide groups is 1. The van der Waals surface area contributed by atoms with Crippen LogP contribution in [0, 0.1) is 11.3 Å². The minimum Gasteiger partial charge on any atom is -0.323 e. The van der Waals surface area contributed by atoms with Crippen molar-refractivity contribution in [3.8, 4) is 0 Å². The third-order valence-electron chi connectivity index (χ3n) is 5.47. The van der Waals surface area contributed by atoms with Crippen LogP contribution < -0.4 is 10.6 Å². The molecule has 2 aromatic rings. The number of anilines is 1. The SMILES string of the molecule is C[C@H]1CC(C)(C)C[C@@]2(C1)NC(=O)N(CC(=O)Nc1nc3ccccc3s1)C2=O. The predicted molar refractivity (Wildman–Crippen MR) is 108 cm³/mol. The van der Waals surface area contributed by atoms with Gasteiger partial charge in [0.2, 0.25) is 5.91 Å². The third-order valence-corrected chi connectivity index (χ3v) is 6.42. The first-order chi connectivity index (χ1) is 13.2. The van der Waals surface area contributed by atoms with Gasteiger partial charge < -0.3 is 10.6 Å². The van der Waals surface area contributed by atoms with E-state index in [1.54, 1.807) is 0 Å². The lowest BCUT2D eigenvalue weighted by Crippen LogP contribution is -2.54. The van der Waals surface area contributed by atoms with Gasteiger partial charge in [0.1, 0.15) is 12.1 Å². The smallest absolute Gasteiger partial charge is 0.323 e. The molecule has 1 aliphatic heterocycles. The number of urea groups is 1. The zero-order chi connectivity index (χ0) is 20.1. The van der Waals surface area contributed by atoms with Crippen LogP contribution >= 0.6 is 11.3 Å². The molecular formula is C20H24N4O3S. The van der Waals surface area contributed by atoms with Crippen LogP contribution in [0.4, 0.5) is 9.93 Å². The molecule has 0 radical (unpaired) electrons. The van der Waals surface area contributed by atoms with E-state index in [9.17, 15) is 14.4 Å². The molecule has 4 amide bonds. The lowest BCUT2D eigenvalue weighted by Gasteiger charge is -2.43. The summed E-state index contributed by atoms with van der Waals surface area (Å²) in [6.07, 6.45) is 2.21. The van der Waals surface area contributed by atoms with Gasteiger partial charge in [-0.05, 0) is 42.7 Å². The summed E-state index contributed by atoms with van der Waals surface area (Å²) < 4.78 is 0.963. The van der Waals surface area contributed by atoms with Gasteiger partial charge in [0.25, 0.3) is 5.91 Å². The van der Waals surface area contributed by atoms with Crippen LogP contribution in [-0.2, 0) is 9.59 Å². The van der Waals surface area contributed by atoms with Crippen LogP contribution in [0.2, 0.25) is 0 Å². The second-order valence-corrected chi connectivity index (χ2v) is 9.82. The first-order valence-electron chi connectivity index (χ1n) is 9.47. The van der Waals surface area contributed by atoms with E-state index in [2.05, 4.69) is 36.4 Å². The molecule has 2 fully saturated rings. The highest BCUT2D eigenvalue weighted by atomic mass is 32.1. The molecule has 2 aliphatic rings. The molecule has 0 unspecified atom stereocenters. The molecule has 4 rings (SSSR count). The Bertz CT molecular complexity index is 936. The summed E-state index contributed by atoms with van der Waals surface area (Å²) >= 11 is 1.36. The largest absolute Gasteiger partial charge is 0.325 e. The molecule has 1 aromatic carbocycles. The molecule has 2 N–H and O–H groups in total. The van der Waals surface area contributed by atoms with E-state index in [1.165, 1.54) is 11.3 Å². The molecule has 8 heteroatoms. The third kappa shape index (κ3) is 3.37. The normalized spacial score (nSPS) is 26.7. The molecule has 1 spiro atoms. The lowest BCUT2D eigenvalue weighted by molar-refractivity contribution is -0.136. The van der Waals surface area contributed by atoms with Crippen molar-refractivity contribution < 1.29 is 14.4 Å². The van der Waals surface area contributed by atoms with Crippen molar-refractivity contribution in [2.24, 2.45) is 11.3 Å². The molecule has 1 saturated heterocycles. The number of aromatic nitrogens is 1. The number of hydrogen-bond acceptors (Lipinski definition) is 5. The van der Waals surface area contributed by atoms with E-state index in [0.29, 0.717) is 23.9 Å². The van der Waals surface area contributed by atoms with Gasteiger partial charge in [-0.3, -0.25) is 14.5 Å². The highest BCUT2D eigenvalue weighted by Crippen LogP contribution is 2.46. The van der Waals surface area contributed by atoms with Crippen LogP contribution in [0.5, 0.6) is 0 Å². The Hall–Kier alpha value is -2.48. The van der Waals surface area contributed by atoms with Crippen molar-refractivity contribution in [1.82, 2.24) is 15.2 Å². The quantitative estimate of drug-likeness (QED) is 0.773. The first-order valence-corrected chi connectivity index (χ1v) is 10.3. The van der Waals surface area contributed by atoms with Gasteiger partial charge in [0.15, 0.2) is 5.13 Å². The van der Waals surface area contributed by atoms with Gasteiger partial charge in [-0.1, -0.05) is 44.2 Å². The van der Waals surface area contributed by atoms with Gasteiger partial charge in [0.05, 0.1) is 10.2 Å². The van der Waals surface area contributed by atoms with Crippen molar-refractivity contribution in [2.75, 3.05) is 11.9 Å². The van der Waals surface area contributed by atoms with E-state index in [1.807, 2.05) is 24.3 Å². The number of fused-ring (bicyclic) bond motifs is 1. The summed E-state index contributed by atoms with van der Waals surface area (Å²) in [5.74, 6) is -0.399. The van der Waals surface area contributed by atoms with Crippen molar-refractivity contribution in [2.45, 2.75) is 45.6 Å². The van der Waals surface area contributed by atoms with Gasteiger partial charge >= 0.3 is 6.03 Å². The fraction of sp³-hybridized carbons (Fsp3) is 0.500. The Labute approximate surface area is 167 Å². The maximum Gasteiger partial charge on any atom is 0.325 e. The second kappa shape index (κ2) is 6.55. The monoisotopic (exact) mass is 400 g/mol. The number of nitrogens with one attached hydrogen (secondary N) is 2. The predicted octanol–water partition coefficient (Wildman–Crippen LogP) is 3.37. The summed E-state index contributed by atoms with van der Waals surface area (Å²) in [5, 5.41) is 6.06. The van der Waals surface area contributed by atoms with Crippen molar-refractivity contribution in [3.63, 3.8) is 0 Å². The average Bonchev–Trinajstić information content (AvgIpc) is 3.07. The fourth-order valence-corrected chi connectivity index (χ4v) is 5.76. The number of carbonyl (C=O) groups excluding carboxylic acids is 3. The highest BCUT2D eigenvalue weighted by molar-refractivity contribution is 7.22. The summed E-state index contributed by atoms with van der Waals surface area (Å²) in [5.41, 5.74) is -0.135. The standard InChI is InChI=1S/C20H24N4O3S/c1-12-8-19(2,3)11-20(9-12)16(26)24(18(27)23-20)10-15(25)22-17-21-13-6-4-5-7-14(13)28-17/h4-7,12H,8-11H2,1-3H3,(H,23,27)(H,21,22,25)/t12-,20+/m0/s1. The van der Waals surface area contributed by atoms with Crippen molar-refractivity contribution in [1.29, 1.82) is 0 Å². The van der Waals surface area contributed by atoms with E-state index in [0.717, 1.165) is 21.5 Å². The van der Waals surface area contributed by atoms with E-state index in [4.69, 9.17) is 0 Å². The molecular weight excluding hydrogens is 376 g/mol. The van der Waals surface area contributed by atoms with E-state index >= 15 is 0 Å². The molecule has 2 heterocycles. The number of benzene rings is 1. The number of thiazole rings is 1. The van der Waals surface area contributed by atoms with Crippen LogP contribution in [0.3, 0.4) is 0 Å². The van der Waals surface area contributed by atoms with Crippen molar-refractivity contribution >= 4 is 44.5 Å². The zero-order valence-corrected chi connectivity index (χ0v) is 17.1. The summed E-state index contributed by atoms with van der Waals surface area (Å²) in [4.78, 5) is 43.5. The summed E-state index contributed by atoms with van der Waals surface area (Å²) in [7, 11) is 0. The average molecular weight is 401 g/mol. The Kier molecular flexibility index (Phi) is 4.41. The molecule has 0 bridgehead atoms. The number of amides is 4. The topological polar surface area (TPSA) is 91.4 Å². The molecule has 28 heavy (non-hydrogen) atoms. The number of nitrogens with zero attached hydrogens (tertiary/aromatic N) is 2. The first kappa shape index (κ1) is 18.9. The molecule has 1 aromatic heterocycles. The number of para-hydroxylation sites is 1. The Morgan fingerprint density at radius 1 is 1.32 bits per heavy atom. The molecule has 1 aliphatic carbocycles. The highest BCUT2D eigenvalue weighted by Gasteiger charge is 2.56. The lowest BCUT2D eigenvalue weighted by atomic mass is 9.64. The van der Waals surface area contributed by atoms with E-state index < -0.39 is 17.5 Å². The molecule has 1 saturated carbocycles. The van der Waals surface area contributed by atoms with Crippen LogP contribution in [0.25, 0.3) is 10.2 Å². The Morgan fingerprint density at radius 3 is 2.79 bits per heavy atom. The van der Waals surface area contributed by atoms with E-state index in [-0.39, 0.29) is 17.9 Å². The maximum atomic E-state index is 13.1. The van der Waals surface area contributed by atoms with Crippen LogP contribution in [0.1, 0.15) is 40.0 Å². The van der Waals surface area contributed by atoms with Crippen molar-refractivity contribution in [3.05, 3.63) is 24.3 Å². The molecule has 148 valence electrons. The minimum atomic E-state index is -0.894. The van der Waals surface area contributed by atoms with Gasteiger partial charge in [-0.2, -0.15) is 0 Å². The second-order valence-electron chi connectivity index (χ2n) is 8.79. The van der Waals surface area contributed by atoms with Gasteiger partial charge in [0, 0.05) is 0 Å². The summed E-state index contributed by atoms with van der Waals surface area (Å²) in [6.45, 7) is 6.03. The fourth-order valence-electron chi connectivity index (χ4n) is 4.88. The maximum absolute atomic E-state index is 13.1. The minimum absolute atomic E-state index is 0.0418.